The lowest BCUT2D eigenvalue weighted by Gasteiger charge is -2.06. The van der Waals surface area contributed by atoms with Crippen molar-refractivity contribution in [3.63, 3.8) is 0 Å². The fourth-order valence-electron chi connectivity index (χ4n) is 3.23. The van der Waals surface area contributed by atoms with Gasteiger partial charge in [-0.3, -0.25) is 9.59 Å². The number of carbonyl (C=O) groups excluding carboxylic acids is 2. The zero-order valence-corrected chi connectivity index (χ0v) is 19.0. The Kier molecular flexibility index (Phi) is 15.4. The first-order valence-electron chi connectivity index (χ1n) is 11.7. The lowest BCUT2D eigenvalue weighted by atomic mass is 10.1. The van der Waals surface area contributed by atoms with E-state index in [2.05, 4.69) is 6.92 Å². The molecule has 0 bridgehead atoms. The number of carbonyl (C=O) groups is 2. The van der Waals surface area contributed by atoms with E-state index in [1.165, 1.54) is 64.2 Å². The third-order valence-corrected chi connectivity index (χ3v) is 5.09. The van der Waals surface area contributed by atoms with Crippen LogP contribution in [0.5, 0.6) is 11.5 Å². The van der Waals surface area contributed by atoms with Crippen molar-refractivity contribution < 1.29 is 23.8 Å². The van der Waals surface area contributed by atoms with Crippen molar-refractivity contribution in [3.8, 4) is 11.5 Å². The highest BCUT2D eigenvalue weighted by Gasteiger charge is 2.10. The molecule has 0 atom stereocenters. The van der Waals surface area contributed by atoms with Gasteiger partial charge < -0.3 is 14.2 Å². The molecule has 0 saturated carbocycles. The van der Waals surface area contributed by atoms with Gasteiger partial charge in [-0.25, -0.2) is 0 Å². The molecule has 0 aliphatic rings. The van der Waals surface area contributed by atoms with Crippen LogP contribution >= 0.6 is 0 Å². The van der Waals surface area contributed by atoms with Gasteiger partial charge in [0.25, 0.3) is 0 Å². The van der Waals surface area contributed by atoms with Crippen LogP contribution in [-0.2, 0) is 14.3 Å². The molecule has 30 heavy (non-hydrogen) atoms. The lowest BCUT2D eigenvalue weighted by molar-refractivity contribution is -0.147. The largest absolute Gasteiger partial charge is 0.497 e. The summed E-state index contributed by atoms with van der Waals surface area (Å²) in [7, 11) is 1.57. The van der Waals surface area contributed by atoms with Gasteiger partial charge in [0, 0.05) is 0 Å². The Labute approximate surface area is 182 Å². The van der Waals surface area contributed by atoms with E-state index in [4.69, 9.17) is 14.2 Å². The van der Waals surface area contributed by atoms with Crippen molar-refractivity contribution in [3.05, 3.63) is 24.3 Å². The van der Waals surface area contributed by atoms with E-state index in [0.29, 0.717) is 18.1 Å². The number of hydrogen-bond donors (Lipinski definition) is 0. The zero-order chi connectivity index (χ0) is 21.9. The number of methoxy groups -OCH3 is 1. The third kappa shape index (κ3) is 14.0. The summed E-state index contributed by atoms with van der Waals surface area (Å²) in [6.45, 7) is 2.69. The van der Waals surface area contributed by atoms with Gasteiger partial charge in [-0.05, 0) is 30.7 Å². The molecule has 1 aromatic carbocycles. The fraction of sp³-hybridized carbons (Fsp3) is 0.680. The fourth-order valence-corrected chi connectivity index (χ4v) is 3.23. The second-order valence-electron chi connectivity index (χ2n) is 7.76. The van der Waals surface area contributed by atoms with Gasteiger partial charge in [0.1, 0.15) is 11.5 Å². The Bertz CT molecular complexity index is 567. The molecule has 0 radical (unpaired) electrons. The molecule has 0 spiro atoms. The summed E-state index contributed by atoms with van der Waals surface area (Å²) in [5, 5.41) is 0. The van der Waals surface area contributed by atoms with Crippen molar-refractivity contribution in [2.24, 2.45) is 0 Å². The van der Waals surface area contributed by atoms with Crippen LogP contribution in [-0.4, -0.2) is 25.7 Å². The van der Waals surface area contributed by atoms with Gasteiger partial charge in [-0.1, -0.05) is 77.6 Å². The zero-order valence-electron chi connectivity index (χ0n) is 19.0. The Morgan fingerprint density at radius 2 is 1.13 bits per heavy atom. The molecule has 1 rings (SSSR count). The van der Waals surface area contributed by atoms with Gasteiger partial charge in [-0.15, -0.1) is 0 Å². The van der Waals surface area contributed by atoms with Crippen molar-refractivity contribution in [1.29, 1.82) is 0 Å². The number of hydrogen-bond acceptors (Lipinski definition) is 5. The molecule has 0 aromatic heterocycles. The predicted molar refractivity (Wildman–Crippen MR) is 120 cm³/mol. The molecular weight excluding hydrogens is 380 g/mol. The van der Waals surface area contributed by atoms with Gasteiger partial charge in [-0.2, -0.15) is 0 Å². The topological polar surface area (TPSA) is 61.8 Å². The second kappa shape index (κ2) is 17.8. The standard InChI is InChI=1S/C25H40O5/c1-3-4-5-6-7-8-9-10-11-12-13-14-21-29-24(26)19-20-25(27)30-23-17-15-22(28-2)16-18-23/h15-18H,3-14,19-21H2,1-2H3. The van der Waals surface area contributed by atoms with Gasteiger partial charge in [0.05, 0.1) is 26.6 Å². The summed E-state index contributed by atoms with van der Waals surface area (Å²) in [5.74, 6) is 0.342. The first kappa shape index (κ1) is 26.0. The maximum absolute atomic E-state index is 11.8. The normalized spacial score (nSPS) is 10.6. The minimum atomic E-state index is -0.442. The molecule has 0 N–H and O–H groups in total. The summed E-state index contributed by atoms with van der Waals surface area (Å²) < 4.78 is 15.4. The van der Waals surface area contributed by atoms with E-state index in [1.807, 2.05) is 0 Å². The summed E-state index contributed by atoms with van der Waals surface area (Å²) in [4.78, 5) is 23.5. The van der Waals surface area contributed by atoms with Crippen LogP contribution in [0.2, 0.25) is 0 Å². The Balaban J connectivity index is 1.91. The number of ether oxygens (including phenoxy) is 3. The molecule has 5 heteroatoms. The van der Waals surface area contributed by atoms with Gasteiger partial charge in [0.15, 0.2) is 0 Å². The van der Waals surface area contributed by atoms with Crippen molar-refractivity contribution in [2.45, 2.75) is 96.8 Å². The van der Waals surface area contributed by atoms with Crippen LogP contribution in [0.1, 0.15) is 96.8 Å². The highest BCUT2D eigenvalue weighted by atomic mass is 16.5. The average molecular weight is 421 g/mol. The van der Waals surface area contributed by atoms with E-state index >= 15 is 0 Å². The van der Waals surface area contributed by atoms with Crippen molar-refractivity contribution in [1.82, 2.24) is 0 Å². The molecule has 0 saturated heterocycles. The Morgan fingerprint density at radius 1 is 0.667 bits per heavy atom. The van der Waals surface area contributed by atoms with Crippen molar-refractivity contribution in [2.75, 3.05) is 13.7 Å². The summed E-state index contributed by atoms with van der Waals surface area (Å²) >= 11 is 0. The van der Waals surface area contributed by atoms with E-state index in [0.717, 1.165) is 12.8 Å². The van der Waals surface area contributed by atoms with E-state index in [1.54, 1.807) is 31.4 Å². The number of benzene rings is 1. The molecule has 1 aromatic rings. The first-order valence-corrected chi connectivity index (χ1v) is 11.7. The minimum Gasteiger partial charge on any atom is -0.497 e. The van der Waals surface area contributed by atoms with Crippen LogP contribution in [0.25, 0.3) is 0 Å². The summed E-state index contributed by atoms with van der Waals surface area (Å²) in [5.41, 5.74) is 0. The highest BCUT2D eigenvalue weighted by molar-refractivity contribution is 5.79. The van der Waals surface area contributed by atoms with E-state index in [-0.39, 0.29) is 18.8 Å². The maximum atomic E-state index is 11.8. The monoisotopic (exact) mass is 420 g/mol. The van der Waals surface area contributed by atoms with Gasteiger partial charge in [0.2, 0.25) is 0 Å². The number of unbranched alkanes of at least 4 members (excludes halogenated alkanes) is 11. The molecule has 0 heterocycles. The van der Waals surface area contributed by atoms with Crippen LogP contribution in [0, 0.1) is 0 Å². The van der Waals surface area contributed by atoms with Crippen molar-refractivity contribution >= 4 is 11.9 Å². The molecular formula is C25H40O5. The molecule has 0 amide bonds. The molecule has 5 nitrogen and oxygen atoms in total. The van der Waals surface area contributed by atoms with Crippen LogP contribution < -0.4 is 9.47 Å². The Hall–Kier alpha value is -2.04. The first-order chi connectivity index (χ1) is 14.7. The number of rotatable bonds is 18. The summed E-state index contributed by atoms with van der Waals surface area (Å²) in [6.07, 6.45) is 15.4. The molecule has 0 aliphatic heterocycles. The quantitative estimate of drug-likeness (QED) is 0.152. The smallest absolute Gasteiger partial charge is 0.311 e. The maximum Gasteiger partial charge on any atom is 0.311 e. The van der Waals surface area contributed by atoms with Gasteiger partial charge >= 0.3 is 11.9 Å². The third-order valence-electron chi connectivity index (χ3n) is 5.09. The SMILES string of the molecule is CCCCCCCCCCCCCCOC(=O)CCC(=O)Oc1ccc(OC)cc1. The highest BCUT2D eigenvalue weighted by Crippen LogP contribution is 2.17. The Morgan fingerprint density at radius 3 is 1.67 bits per heavy atom. The van der Waals surface area contributed by atoms with Crippen LogP contribution in [0.4, 0.5) is 0 Å². The molecule has 0 unspecified atom stereocenters. The molecule has 0 fully saturated rings. The lowest BCUT2D eigenvalue weighted by Crippen LogP contribution is -2.12. The molecule has 0 aliphatic carbocycles. The van der Waals surface area contributed by atoms with E-state index < -0.39 is 5.97 Å². The molecule has 170 valence electrons. The van der Waals surface area contributed by atoms with E-state index in [9.17, 15) is 9.59 Å². The second-order valence-corrected chi connectivity index (χ2v) is 7.76. The average Bonchev–Trinajstić information content (AvgIpc) is 2.76. The van der Waals surface area contributed by atoms with Crippen LogP contribution in [0.15, 0.2) is 24.3 Å². The van der Waals surface area contributed by atoms with Crippen LogP contribution in [0.3, 0.4) is 0 Å². The summed E-state index contributed by atoms with van der Waals surface area (Å²) in [6, 6.07) is 6.74. The number of esters is 2. The minimum absolute atomic E-state index is 0.0172. The predicted octanol–water partition coefficient (Wildman–Crippen LogP) is 6.63.